The fourth-order valence-electron chi connectivity index (χ4n) is 3.13. The Balaban J connectivity index is 1.39. The van der Waals surface area contributed by atoms with Gasteiger partial charge in [-0.15, -0.1) is 0 Å². The summed E-state index contributed by atoms with van der Waals surface area (Å²) in [5.74, 6) is 1.04. The van der Waals surface area contributed by atoms with Crippen molar-refractivity contribution in [2.45, 2.75) is 19.5 Å². The average molecular weight is 315 g/mol. The molecule has 4 rings (SSSR count). The number of rotatable bonds is 5. The molecule has 0 aliphatic carbocycles. The molecule has 1 aliphatic rings. The molecule has 0 saturated heterocycles. The molecule has 3 aromatic carbocycles. The molecule has 120 valence electrons. The van der Waals surface area contributed by atoms with Crippen LogP contribution in [0.1, 0.15) is 16.7 Å². The summed E-state index contributed by atoms with van der Waals surface area (Å²) in [5, 5.41) is 3.49. The van der Waals surface area contributed by atoms with Gasteiger partial charge >= 0.3 is 0 Å². The summed E-state index contributed by atoms with van der Waals surface area (Å²) in [6.45, 7) is 2.59. The summed E-state index contributed by atoms with van der Waals surface area (Å²) in [4.78, 5) is 0. The molecule has 0 unspecified atom stereocenters. The SMILES string of the molecule is c1ccc(CNCc2ccc(-c3ccc4c(c3)CCO4)cc2)cc1. The lowest BCUT2D eigenvalue weighted by molar-refractivity contribution is 0.357. The Bertz CT molecular complexity index is 809. The zero-order chi connectivity index (χ0) is 16.2. The van der Waals surface area contributed by atoms with Crippen LogP contribution in [0.5, 0.6) is 5.75 Å². The summed E-state index contributed by atoms with van der Waals surface area (Å²) >= 11 is 0. The van der Waals surface area contributed by atoms with Crippen LogP contribution in [0.3, 0.4) is 0 Å². The third-order valence-corrected chi connectivity index (χ3v) is 4.48. The van der Waals surface area contributed by atoms with Crippen LogP contribution in [0.2, 0.25) is 0 Å². The van der Waals surface area contributed by atoms with Crippen LogP contribution in [-0.4, -0.2) is 6.61 Å². The molecule has 0 aromatic heterocycles. The van der Waals surface area contributed by atoms with E-state index < -0.39 is 0 Å². The lowest BCUT2D eigenvalue weighted by Crippen LogP contribution is -2.12. The largest absolute Gasteiger partial charge is 0.493 e. The molecule has 1 aliphatic heterocycles. The minimum Gasteiger partial charge on any atom is -0.493 e. The second kappa shape index (κ2) is 6.90. The van der Waals surface area contributed by atoms with Gasteiger partial charge in [0.05, 0.1) is 6.61 Å². The van der Waals surface area contributed by atoms with E-state index >= 15 is 0 Å². The number of fused-ring (bicyclic) bond motifs is 1. The molecule has 0 atom stereocenters. The Morgan fingerprint density at radius 3 is 2.25 bits per heavy atom. The summed E-state index contributed by atoms with van der Waals surface area (Å²) < 4.78 is 5.58. The molecule has 1 heterocycles. The number of nitrogens with one attached hydrogen (secondary N) is 1. The normalized spacial score (nSPS) is 12.7. The van der Waals surface area contributed by atoms with Crippen molar-refractivity contribution in [2.24, 2.45) is 0 Å². The second-order valence-corrected chi connectivity index (χ2v) is 6.21. The van der Waals surface area contributed by atoms with Crippen LogP contribution in [-0.2, 0) is 19.5 Å². The van der Waals surface area contributed by atoms with Crippen molar-refractivity contribution in [3.8, 4) is 16.9 Å². The topological polar surface area (TPSA) is 21.3 Å². The van der Waals surface area contributed by atoms with Crippen LogP contribution >= 0.6 is 0 Å². The van der Waals surface area contributed by atoms with Crippen molar-refractivity contribution in [2.75, 3.05) is 6.61 Å². The van der Waals surface area contributed by atoms with Gasteiger partial charge in [-0.3, -0.25) is 0 Å². The smallest absolute Gasteiger partial charge is 0.122 e. The van der Waals surface area contributed by atoms with E-state index in [-0.39, 0.29) is 0 Å². The molecule has 24 heavy (non-hydrogen) atoms. The Kier molecular flexibility index (Phi) is 4.30. The van der Waals surface area contributed by atoms with Crippen molar-refractivity contribution >= 4 is 0 Å². The minimum atomic E-state index is 0.810. The number of benzene rings is 3. The zero-order valence-electron chi connectivity index (χ0n) is 13.7. The monoisotopic (exact) mass is 315 g/mol. The Morgan fingerprint density at radius 1 is 0.750 bits per heavy atom. The van der Waals surface area contributed by atoms with E-state index in [1.165, 1.54) is 27.8 Å². The standard InChI is InChI=1S/C22H21NO/c1-2-4-17(5-3-1)15-23-16-18-6-8-19(9-7-18)20-10-11-22-21(14-20)12-13-24-22/h1-11,14,23H,12-13,15-16H2. The maximum absolute atomic E-state index is 5.58. The molecule has 0 saturated carbocycles. The molecule has 0 bridgehead atoms. The third kappa shape index (κ3) is 3.34. The highest BCUT2D eigenvalue weighted by molar-refractivity contribution is 5.66. The highest BCUT2D eigenvalue weighted by Gasteiger charge is 2.12. The molecule has 0 amide bonds. The average Bonchev–Trinajstić information content (AvgIpc) is 3.11. The molecule has 1 N–H and O–H groups in total. The lowest BCUT2D eigenvalue weighted by atomic mass is 10.0. The molecule has 0 fully saturated rings. The first kappa shape index (κ1) is 15.0. The highest BCUT2D eigenvalue weighted by Crippen LogP contribution is 2.30. The summed E-state index contributed by atoms with van der Waals surface area (Å²) in [6, 6.07) is 25.8. The number of hydrogen-bond acceptors (Lipinski definition) is 2. The number of hydrogen-bond donors (Lipinski definition) is 1. The predicted octanol–water partition coefficient (Wildman–Crippen LogP) is 4.58. The van der Waals surface area contributed by atoms with Gasteiger partial charge in [0.25, 0.3) is 0 Å². The maximum Gasteiger partial charge on any atom is 0.122 e. The quantitative estimate of drug-likeness (QED) is 0.744. The van der Waals surface area contributed by atoms with Gasteiger partial charge in [0.15, 0.2) is 0 Å². The van der Waals surface area contributed by atoms with E-state index in [9.17, 15) is 0 Å². The predicted molar refractivity (Wildman–Crippen MR) is 98.1 cm³/mol. The van der Waals surface area contributed by atoms with Crippen LogP contribution in [0, 0.1) is 0 Å². The van der Waals surface area contributed by atoms with Crippen molar-refractivity contribution in [3.05, 3.63) is 89.5 Å². The zero-order valence-corrected chi connectivity index (χ0v) is 13.7. The van der Waals surface area contributed by atoms with Crippen LogP contribution < -0.4 is 10.1 Å². The fourth-order valence-corrected chi connectivity index (χ4v) is 3.13. The van der Waals surface area contributed by atoms with Crippen LogP contribution in [0.15, 0.2) is 72.8 Å². The van der Waals surface area contributed by atoms with Crippen molar-refractivity contribution in [1.29, 1.82) is 0 Å². The van der Waals surface area contributed by atoms with Crippen LogP contribution in [0.25, 0.3) is 11.1 Å². The fraction of sp³-hybridized carbons (Fsp3) is 0.182. The van der Waals surface area contributed by atoms with E-state index in [0.29, 0.717) is 0 Å². The van der Waals surface area contributed by atoms with E-state index in [0.717, 1.165) is 31.9 Å². The van der Waals surface area contributed by atoms with Gasteiger partial charge in [0.1, 0.15) is 5.75 Å². The van der Waals surface area contributed by atoms with Gasteiger partial charge < -0.3 is 10.1 Å². The minimum absolute atomic E-state index is 0.810. The summed E-state index contributed by atoms with van der Waals surface area (Å²) in [5.41, 5.74) is 6.47. The van der Waals surface area contributed by atoms with E-state index in [1.54, 1.807) is 0 Å². The van der Waals surface area contributed by atoms with Gasteiger partial charge in [0.2, 0.25) is 0 Å². The lowest BCUT2D eigenvalue weighted by Gasteiger charge is -2.08. The van der Waals surface area contributed by atoms with Gasteiger partial charge in [-0.2, -0.15) is 0 Å². The van der Waals surface area contributed by atoms with Gasteiger partial charge in [0, 0.05) is 19.5 Å². The Hall–Kier alpha value is -2.58. The highest BCUT2D eigenvalue weighted by atomic mass is 16.5. The van der Waals surface area contributed by atoms with Gasteiger partial charge in [-0.1, -0.05) is 60.7 Å². The first-order chi connectivity index (χ1) is 11.9. The van der Waals surface area contributed by atoms with Gasteiger partial charge in [-0.25, -0.2) is 0 Å². The molecule has 3 aromatic rings. The summed E-state index contributed by atoms with van der Waals surface area (Å²) in [7, 11) is 0. The second-order valence-electron chi connectivity index (χ2n) is 6.21. The Morgan fingerprint density at radius 2 is 1.46 bits per heavy atom. The first-order valence-corrected chi connectivity index (χ1v) is 8.48. The molecular weight excluding hydrogens is 294 g/mol. The van der Waals surface area contributed by atoms with Crippen molar-refractivity contribution in [3.63, 3.8) is 0 Å². The van der Waals surface area contributed by atoms with Gasteiger partial charge in [-0.05, 0) is 39.9 Å². The summed E-state index contributed by atoms with van der Waals surface area (Å²) in [6.07, 6.45) is 1.02. The molecular formula is C22H21NO. The first-order valence-electron chi connectivity index (χ1n) is 8.48. The molecule has 2 nitrogen and oxygen atoms in total. The van der Waals surface area contributed by atoms with Crippen molar-refractivity contribution < 1.29 is 4.74 Å². The maximum atomic E-state index is 5.58. The van der Waals surface area contributed by atoms with Crippen LogP contribution in [0.4, 0.5) is 0 Å². The molecule has 0 radical (unpaired) electrons. The molecule has 2 heteroatoms. The number of ether oxygens (including phenoxy) is 1. The Labute approximate surface area is 143 Å². The van der Waals surface area contributed by atoms with E-state index in [1.807, 2.05) is 6.07 Å². The third-order valence-electron chi connectivity index (χ3n) is 4.48. The van der Waals surface area contributed by atoms with E-state index in [2.05, 4.69) is 72.0 Å². The molecule has 0 spiro atoms. The van der Waals surface area contributed by atoms with Crippen molar-refractivity contribution in [1.82, 2.24) is 5.32 Å². The van der Waals surface area contributed by atoms with E-state index in [4.69, 9.17) is 4.74 Å².